The van der Waals surface area contributed by atoms with Crippen LogP contribution in [-0.2, 0) is 0 Å². The lowest BCUT2D eigenvalue weighted by molar-refractivity contribution is 0.136. The van der Waals surface area contributed by atoms with Crippen molar-refractivity contribution in [2.24, 2.45) is 5.92 Å². The van der Waals surface area contributed by atoms with Crippen LogP contribution in [0, 0.1) is 5.92 Å². The van der Waals surface area contributed by atoms with E-state index in [1.807, 2.05) is 13.8 Å². The van der Waals surface area contributed by atoms with Gasteiger partial charge in [0.2, 0.25) is 0 Å². The van der Waals surface area contributed by atoms with Crippen molar-refractivity contribution in [3.05, 3.63) is 12.2 Å². The molecule has 0 fully saturated rings. The first-order valence-corrected chi connectivity index (χ1v) is 4.49. The lowest BCUT2D eigenvalue weighted by Gasteiger charge is -2.15. The Hall–Kier alpha value is -0.340. The zero-order valence-electron chi connectivity index (χ0n) is 8.08. The van der Waals surface area contributed by atoms with Gasteiger partial charge in [-0.3, -0.25) is 0 Å². The van der Waals surface area contributed by atoms with Crippen LogP contribution in [0.25, 0.3) is 0 Å². The second-order valence-electron chi connectivity index (χ2n) is 3.67. The van der Waals surface area contributed by atoms with Crippen LogP contribution in [0.15, 0.2) is 12.2 Å². The van der Waals surface area contributed by atoms with Crippen molar-refractivity contribution >= 4 is 0 Å². The molecule has 0 aromatic rings. The smallest absolute Gasteiger partial charge is 0.0579 e. The summed E-state index contributed by atoms with van der Waals surface area (Å²) in [5.74, 6) is 0.393. The molecule has 12 heavy (non-hydrogen) atoms. The molecule has 0 aliphatic rings. The fraction of sp³-hybridized carbons (Fsp3) is 0.800. The third kappa shape index (κ3) is 6.38. The van der Waals surface area contributed by atoms with E-state index in [9.17, 15) is 5.11 Å². The van der Waals surface area contributed by atoms with Gasteiger partial charge >= 0.3 is 0 Å². The fourth-order valence-electron chi connectivity index (χ4n) is 1.29. The number of hydrogen-bond acceptors (Lipinski definition) is 2. The summed E-state index contributed by atoms with van der Waals surface area (Å²) in [6.45, 7) is 7.90. The molecule has 2 unspecified atom stereocenters. The number of aliphatic hydroxyl groups is 2. The first kappa shape index (κ1) is 11.7. The summed E-state index contributed by atoms with van der Waals surface area (Å²) in [6, 6.07) is 0. The van der Waals surface area contributed by atoms with E-state index in [0.717, 1.165) is 18.4 Å². The van der Waals surface area contributed by atoms with Crippen molar-refractivity contribution in [2.45, 2.75) is 39.2 Å². The lowest BCUT2D eigenvalue weighted by Crippen LogP contribution is -2.12. The van der Waals surface area contributed by atoms with Crippen LogP contribution in [-0.4, -0.2) is 22.9 Å². The van der Waals surface area contributed by atoms with Gasteiger partial charge in [0.25, 0.3) is 0 Å². The van der Waals surface area contributed by atoms with Gasteiger partial charge in [-0.25, -0.2) is 0 Å². The van der Waals surface area contributed by atoms with Crippen LogP contribution in [0.1, 0.15) is 33.1 Å². The molecular weight excluding hydrogens is 152 g/mol. The number of rotatable bonds is 6. The first-order chi connectivity index (χ1) is 5.56. The van der Waals surface area contributed by atoms with Crippen molar-refractivity contribution in [2.75, 3.05) is 6.61 Å². The molecule has 0 saturated heterocycles. The largest absolute Gasteiger partial charge is 0.396 e. The monoisotopic (exact) mass is 172 g/mol. The van der Waals surface area contributed by atoms with Crippen molar-refractivity contribution in [3.8, 4) is 0 Å². The van der Waals surface area contributed by atoms with Gasteiger partial charge in [-0.15, -0.1) is 6.58 Å². The predicted octanol–water partition coefficient (Wildman–Crippen LogP) is 1.72. The average Bonchev–Trinajstić information content (AvgIpc) is 1.84. The Labute approximate surface area is 74.9 Å². The van der Waals surface area contributed by atoms with E-state index in [2.05, 4.69) is 6.58 Å². The summed E-state index contributed by atoms with van der Waals surface area (Å²) in [4.78, 5) is 0. The summed E-state index contributed by atoms with van der Waals surface area (Å²) >= 11 is 0. The molecule has 0 bridgehead atoms. The third-order valence-corrected chi connectivity index (χ3v) is 1.88. The van der Waals surface area contributed by atoms with Crippen molar-refractivity contribution in [3.63, 3.8) is 0 Å². The topological polar surface area (TPSA) is 40.5 Å². The Morgan fingerprint density at radius 2 is 2.08 bits per heavy atom. The molecule has 0 saturated carbocycles. The van der Waals surface area contributed by atoms with E-state index in [4.69, 9.17) is 5.11 Å². The zero-order chi connectivity index (χ0) is 9.56. The van der Waals surface area contributed by atoms with E-state index in [0.29, 0.717) is 12.3 Å². The second kappa shape index (κ2) is 6.21. The van der Waals surface area contributed by atoms with Gasteiger partial charge < -0.3 is 10.2 Å². The summed E-state index contributed by atoms with van der Waals surface area (Å²) in [7, 11) is 0. The van der Waals surface area contributed by atoms with Crippen LogP contribution in [0.5, 0.6) is 0 Å². The lowest BCUT2D eigenvalue weighted by atomic mass is 9.97. The molecule has 0 aliphatic carbocycles. The summed E-state index contributed by atoms with van der Waals surface area (Å²) < 4.78 is 0. The minimum absolute atomic E-state index is 0.209. The second-order valence-corrected chi connectivity index (χ2v) is 3.67. The molecule has 0 rings (SSSR count). The average molecular weight is 172 g/mol. The van der Waals surface area contributed by atoms with E-state index >= 15 is 0 Å². The van der Waals surface area contributed by atoms with Gasteiger partial charge in [-0.1, -0.05) is 12.5 Å². The van der Waals surface area contributed by atoms with E-state index < -0.39 is 0 Å². The maximum atomic E-state index is 9.47. The van der Waals surface area contributed by atoms with Gasteiger partial charge in [-0.05, 0) is 32.1 Å². The highest BCUT2D eigenvalue weighted by atomic mass is 16.3. The van der Waals surface area contributed by atoms with E-state index in [1.165, 1.54) is 0 Å². The maximum Gasteiger partial charge on any atom is 0.0579 e. The van der Waals surface area contributed by atoms with Crippen LogP contribution >= 0.6 is 0 Å². The summed E-state index contributed by atoms with van der Waals surface area (Å²) in [5.41, 5.74) is 1.01. The Morgan fingerprint density at radius 1 is 1.50 bits per heavy atom. The molecule has 0 aliphatic heterocycles. The highest BCUT2D eigenvalue weighted by Gasteiger charge is 2.09. The van der Waals surface area contributed by atoms with Crippen LogP contribution in [0.3, 0.4) is 0 Å². The fourth-order valence-corrected chi connectivity index (χ4v) is 1.29. The van der Waals surface area contributed by atoms with Crippen LogP contribution in [0.2, 0.25) is 0 Å². The SMILES string of the molecule is C=C(C)CC(O)CC(C)CCO. The maximum absolute atomic E-state index is 9.47. The van der Waals surface area contributed by atoms with E-state index in [1.54, 1.807) is 0 Å². The zero-order valence-corrected chi connectivity index (χ0v) is 8.08. The van der Waals surface area contributed by atoms with Crippen LogP contribution < -0.4 is 0 Å². The Kier molecular flexibility index (Phi) is 6.03. The van der Waals surface area contributed by atoms with Gasteiger partial charge in [0.1, 0.15) is 0 Å². The number of aliphatic hydroxyl groups excluding tert-OH is 2. The van der Waals surface area contributed by atoms with Gasteiger partial charge in [0.15, 0.2) is 0 Å². The highest BCUT2D eigenvalue weighted by Crippen LogP contribution is 2.14. The summed E-state index contributed by atoms with van der Waals surface area (Å²) in [5, 5.41) is 18.1. The summed E-state index contributed by atoms with van der Waals surface area (Å²) in [6.07, 6.45) is 1.92. The quantitative estimate of drug-likeness (QED) is 0.599. The predicted molar refractivity (Wildman–Crippen MR) is 50.9 cm³/mol. The van der Waals surface area contributed by atoms with Crippen molar-refractivity contribution in [1.82, 2.24) is 0 Å². The van der Waals surface area contributed by atoms with Gasteiger partial charge in [-0.2, -0.15) is 0 Å². The third-order valence-electron chi connectivity index (χ3n) is 1.88. The molecule has 2 heteroatoms. The Bertz CT molecular complexity index is 132. The Balaban J connectivity index is 3.53. The molecule has 2 nitrogen and oxygen atoms in total. The normalized spacial score (nSPS) is 15.7. The molecule has 2 N–H and O–H groups in total. The molecule has 0 radical (unpaired) electrons. The van der Waals surface area contributed by atoms with Gasteiger partial charge in [0.05, 0.1) is 6.10 Å². The molecule has 0 aromatic heterocycles. The molecule has 0 spiro atoms. The molecule has 72 valence electrons. The highest BCUT2D eigenvalue weighted by molar-refractivity contribution is 4.90. The molecule has 0 heterocycles. The minimum atomic E-state index is -0.288. The molecule has 0 amide bonds. The molecule has 0 aromatic carbocycles. The van der Waals surface area contributed by atoms with Crippen molar-refractivity contribution < 1.29 is 10.2 Å². The van der Waals surface area contributed by atoms with Crippen molar-refractivity contribution in [1.29, 1.82) is 0 Å². The number of hydrogen-bond donors (Lipinski definition) is 2. The molecular formula is C10H20O2. The van der Waals surface area contributed by atoms with Gasteiger partial charge in [0, 0.05) is 6.61 Å². The Morgan fingerprint density at radius 3 is 2.50 bits per heavy atom. The minimum Gasteiger partial charge on any atom is -0.396 e. The van der Waals surface area contributed by atoms with E-state index in [-0.39, 0.29) is 12.7 Å². The van der Waals surface area contributed by atoms with Crippen LogP contribution in [0.4, 0.5) is 0 Å². The molecule has 2 atom stereocenters. The first-order valence-electron chi connectivity index (χ1n) is 4.49. The standard InChI is InChI=1S/C10H20O2/c1-8(2)6-10(12)7-9(3)4-5-11/h9-12H,1,4-7H2,2-3H3.